The van der Waals surface area contributed by atoms with E-state index in [1.54, 1.807) is 19.2 Å². The second kappa shape index (κ2) is 8.94. The maximum Gasteiger partial charge on any atom is 0.313 e. The molecule has 0 saturated carbocycles. The summed E-state index contributed by atoms with van der Waals surface area (Å²) in [7, 11) is 3.10. The molecule has 0 fully saturated rings. The molecule has 7 heteroatoms. The first-order chi connectivity index (χ1) is 12.0. The van der Waals surface area contributed by atoms with Gasteiger partial charge in [0.1, 0.15) is 11.5 Å². The molecule has 0 saturated heterocycles. The van der Waals surface area contributed by atoms with Crippen LogP contribution in [0.1, 0.15) is 5.56 Å². The van der Waals surface area contributed by atoms with Crippen molar-refractivity contribution in [3.05, 3.63) is 53.1 Å². The van der Waals surface area contributed by atoms with Gasteiger partial charge in [0.2, 0.25) is 0 Å². The van der Waals surface area contributed by atoms with Gasteiger partial charge >= 0.3 is 11.8 Å². The highest BCUT2D eigenvalue weighted by molar-refractivity contribution is 6.40. The summed E-state index contributed by atoms with van der Waals surface area (Å²) < 4.78 is 10.1. The summed E-state index contributed by atoms with van der Waals surface area (Å²) in [6, 6.07) is 12.2. The molecule has 0 unspecified atom stereocenters. The Kier molecular flexibility index (Phi) is 6.65. The van der Waals surface area contributed by atoms with Crippen molar-refractivity contribution in [3.63, 3.8) is 0 Å². The second-order valence-electron chi connectivity index (χ2n) is 5.16. The highest BCUT2D eigenvalue weighted by Gasteiger charge is 2.14. The first-order valence-corrected chi connectivity index (χ1v) is 7.97. The van der Waals surface area contributed by atoms with Gasteiger partial charge in [-0.25, -0.2) is 0 Å². The molecule has 25 heavy (non-hydrogen) atoms. The van der Waals surface area contributed by atoms with Gasteiger partial charge in [0.05, 0.1) is 19.2 Å². The Morgan fingerprint density at radius 3 is 2.32 bits per heavy atom. The minimum atomic E-state index is -0.754. The summed E-state index contributed by atoms with van der Waals surface area (Å²) in [5.41, 5.74) is 1.45. The monoisotopic (exact) mass is 362 g/mol. The third-order valence-electron chi connectivity index (χ3n) is 3.47. The Labute approximate surface area is 151 Å². The van der Waals surface area contributed by atoms with E-state index in [2.05, 4.69) is 10.6 Å². The van der Waals surface area contributed by atoms with Crippen LogP contribution in [0.3, 0.4) is 0 Å². The number of rotatable bonds is 6. The molecule has 6 nitrogen and oxygen atoms in total. The summed E-state index contributed by atoms with van der Waals surface area (Å²) in [5.74, 6) is -0.203. The van der Waals surface area contributed by atoms with Crippen LogP contribution in [0.4, 0.5) is 5.69 Å². The Bertz CT molecular complexity index is 747. The summed E-state index contributed by atoms with van der Waals surface area (Å²) >= 11 is 5.98. The zero-order valence-electron chi connectivity index (χ0n) is 14.0. The van der Waals surface area contributed by atoms with E-state index in [9.17, 15) is 9.59 Å². The Hall–Kier alpha value is -2.73. The number of hydrogen-bond donors (Lipinski definition) is 2. The molecular weight excluding hydrogens is 344 g/mol. The fourth-order valence-corrected chi connectivity index (χ4v) is 2.38. The normalized spacial score (nSPS) is 10.0. The molecular formula is C18H19ClN2O4. The van der Waals surface area contributed by atoms with E-state index in [0.717, 1.165) is 11.3 Å². The quantitative estimate of drug-likeness (QED) is 0.774. The summed E-state index contributed by atoms with van der Waals surface area (Å²) in [4.78, 5) is 23.7. The van der Waals surface area contributed by atoms with Crippen LogP contribution in [0, 0.1) is 0 Å². The van der Waals surface area contributed by atoms with Crippen LogP contribution in [0.5, 0.6) is 11.5 Å². The van der Waals surface area contributed by atoms with E-state index < -0.39 is 11.8 Å². The van der Waals surface area contributed by atoms with Gasteiger partial charge in [0.15, 0.2) is 0 Å². The van der Waals surface area contributed by atoms with E-state index in [1.807, 2.05) is 24.3 Å². The number of carbonyl (C=O) groups excluding carboxylic acids is 2. The Balaban J connectivity index is 1.81. The van der Waals surface area contributed by atoms with Crippen molar-refractivity contribution in [3.8, 4) is 11.5 Å². The molecule has 0 spiro atoms. The van der Waals surface area contributed by atoms with Crippen molar-refractivity contribution < 1.29 is 19.1 Å². The van der Waals surface area contributed by atoms with Gasteiger partial charge in [-0.1, -0.05) is 23.7 Å². The fraction of sp³-hybridized carbons (Fsp3) is 0.222. The molecule has 0 radical (unpaired) electrons. The molecule has 2 aromatic rings. The van der Waals surface area contributed by atoms with Crippen LogP contribution >= 0.6 is 11.6 Å². The molecule has 132 valence electrons. The van der Waals surface area contributed by atoms with Crippen LogP contribution in [-0.2, 0) is 16.0 Å². The first kappa shape index (κ1) is 18.6. The predicted octanol–water partition coefficient (Wildman–Crippen LogP) is 2.65. The Morgan fingerprint density at radius 1 is 1.00 bits per heavy atom. The summed E-state index contributed by atoms with van der Waals surface area (Å²) in [5, 5.41) is 5.41. The molecule has 0 aliphatic heterocycles. The average molecular weight is 363 g/mol. The SMILES string of the molecule is COc1ccc(CCNC(=O)C(=O)Nc2ccc(OC)c(Cl)c2)cc1. The summed E-state index contributed by atoms with van der Waals surface area (Å²) in [6.07, 6.45) is 0.609. The number of hydrogen-bond acceptors (Lipinski definition) is 4. The molecule has 2 aromatic carbocycles. The molecule has 2 rings (SSSR count). The number of halogens is 1. The Morgan fingerprint density at radius 2 is 1.72 bits per heavy atom. The number of benzene rings is 2. The number of nitrogens with one attached hydrogen (secondary N) is 2. The zero-order chi connectivity index (χ0) is 18.2. The maximum atomic E-state index is 11.9. The fourth-order valence-electron chi connectivity index (χ4n) is 2.12. The van der Waals surface area contributed by atoms with E-state index in [0.29, 0.717) is 29.4 Å². The first-order valence-electron chi connectivity index (χ1n) is 7.59. The van der Waals surface area contributed by atoms with Gasteiger partial charge in [-0.2, -0.15) is 0 Å². The van der Waals surface area contributed by atoms with Crippen molar-refractivity contribution in [2.45, 2.75) is 6.42 Å². The van der Waals surface area contributed by atoms with Crippen LogP contribution in [0.25, 0.3) is 0 Å². The van der Waals surface area contributed by atoms with Crippen molar-refractivity contribution in [1.29, 1.82) is 0 Å². The largest absolute Gasteiger partial charge is 0.497 e. The molecule has 2 amide bonds. The van der Waals surface area contributed by atoms with Gasteiger partial charge in [-0.3, -0.25) is 9.59 Å². The number of anilines is 1. The topological polar surface area (TPSA) is 76.7 Å². The number of ether oxygens (including phenoxy) is 2. The van der Waals surface area contributed by atoms with Crippen LogP contribution in [0.15, 0.2) is 42.5 Å². The van der Waals surface area contributed by atoms with Crippen LogP contribution in [0.2, 0.25) is 5.02 Å². The minimum Gasteiger partial charge on any atom is -0.497 e. The molecule has 0 heterocycles. The maximum absolute atomic E-state index is 11.9. The molecule has 0 aliphatic rings. The van der Waals surface area contributed by atoms with Crippen LogP contribution in [-0.4, -0.2) is 32.6 Å². The van der Waals surface area contributed by atoms with Crippen molar-refractivity contribution in [2.24, 2.45) is 0 Å². The third kappa shape index (κ3) is 5.39. The number of amides is 2. The molecule has 2 N–H and O–H groups in total. The van der Waals surface area contributed by atoms with Gasteiger partial charge in [-0.15, -0.1) is 0 Å². The van der Waals surface area contributed by atoms with Gasteiger partial charge in [-0.05, 0) is 42.3 Å². The van der Waals surface area contributed by atoms with E-state index in [4.69, 9.17) is 21.1 Å². The second-order valence-corrected chi connectivity index (χ2v) is 5.56. The van der Waals surface area contributed by atoms with Crippen molar-refractivity contribution >= 4 is 29.1 Å². The molecule has 0 aliphatic carbocycles. The highest BCUT2D eigenvalue weighted by Crippen LogP contribution is 2.27. The third-order valence-corrected chi connectivity index (χ3v) is 3.77. The number of methoxy groups -OCH3 is 2. The van der Waals surface area contributed by atoms with E-state index in [-0.39, 0.29) is 0 Å². The van der Waals surface area contributed by atoms with Gasteiger partial charge in [0.25, 0.3) is 0 Å². The molecule has 0 aromatic heterocycles. The smallest absolute Gasteiger partial charge is 0.313 e. The minimum absolute atomic E-state index is 0.347. The predicted molar refractivity (Wildman–Crippen MR) is 96.3 cm³/mol. The average Bonchev–Trinajstić information content (AvgIpc) is 2.62. The van der Waals surface area contributed by atoms with E-state index >= 15 is 0 Å². The lowest BCUT2D eigenvalue weighted by Gasteiger charge is -2.09. The standard InChI is InChI=1S/C18H19ClN2O4/c1-24-14-6-3-12(4-7-14)9-10-20-17(22)18(23)21-13-5-8-16(25-2)15(19)11-13/h3-8,11H,9-10H2,1-2H3,(H,20,22)(H,21,23). The lowest BCUT2D eigenvalue weighted by molar-refractivity contribution is -0.136. The lowest BCUT2D eigenvalue weighted by Crippen LogP contribution is -2.36. The van der Waals surface area contributed by atoms with Crippen molar-refractivity contribution in [2.75, 3.05) is 26.1 Å². The zero-order valence-corrected chi connectivity index (χ0v) is 14.7. The highest BCUT2D eigenvalue weighted by atomic mass is 35.5. The van der Waals surface area contributed by atoms with Crippen molar-refractivity contribution in [1.82, 2.24) is 5.32 Å². The van der Waals surface area contributed by atoms with Crippen LogP contribution < -0.4 is 20.1 Å². The number of carbonyl (C=O) groups is 2. The lowest BCUT2D eigenvalue weighted by atomic mass is 10.1. The molecule has 0 atom stereocenters. The van der Waals surface area contributed by atoms with E-state index in [1.165, 1.54) is 13.2 Å². The van der Waals surface area contributed by atoms with Gasteiger partial charge < -0.3 is 20.1 Å². The molecule has 0 bridgehead atoms. The summed E-state index contributed by atoms with van der Waals surface area (Å²) in [6.45, 7) is 0.349. The van der Waals surface area contributed by atoms with Gasteiger partial charge in [0, 0.05) is 12.2 Å².